The molecule has 4 heteroatoms. The van der Waals surface area contributed by atoms with Gasteiger partial charge < -0.3 is 19.9 Å². The van der Waals surface area contributed by atoms with E-state index in [0.29, 0.717) is 5.92 Å². The summed E-state index contributed by atoms with van der Waals surface area (Å²) in [5.74, 6) is 1.94. The highest BCUT2D eigenvalue weighted by atomic mass is 16.5. The summed E-state index contributed by atoms with van der Waals surface area (Å²) in [4.78, 5) is 0. The van der Waals surface area contributed by atoms with Crippen LogP contribution in [0.4, 0.5) is 0 Å². The first-order chi connectivity index (χ1) is 9.15. The van der Waals surface area contributed by atoms with Gasteiger partial charge in [0.2, 0.25) is 0 Å². The van der Waals surface area contributed by atoms with Crippen LogP contribution in [0.5, 0.6) is 11.5 Å². The van der Waals surface area contributed by atoms with Crippen molar-refractivity contribution >= 4 is 0 Å². The van der Waals surface area contributed by atoms with E-state index in [1.165, 1.54) is 5.56 Å². The van der Waals surface area contributed by atoms with E-state index in [9.17, 15) is 0 Å². The van der Waals surface area contributed by atoms with Gasteiger partial charge in [-0.15, -0.1) is 0 Å². The molecule has 1 aromatic carbocycles. The second-order valence-corrected chi connectivity index (χ2v) is 5.09. The molecule has 4 nitrogen and oxygen atoms in total. The molecule has 3 atom stereocenters. The van der Waals surface area contributed by atoms with E-state index in [1.807, 2.05) is 18.2 Å². The lowest BCUT2D eigenvalue weighted by molar-refractivity contribution is 0.0995. The number of rotatable bonds is 5. The van der Waals surface area contributed by atoms with Crippen LogP contribution in [0.2, 0.25) is 0 Å². The van der Waals surface area contributed by atoms with Crippen LogP contribution in [-0.4, -0.2) is 33.0 Å². The van der Waals surface area contributed by atoms with Gasteiger partial charge in [-0.25, -0.2) is 0 Å². The number of hydrogen-bond acceptors (Lipinski definition) is 4. The third-order valence-electron chi connectivity index (χ3n) is 3.90. The summed E-state index contributed by atoms with van der Waals surface area (Å²) in [7, 11) is 3.29. The maximum absolute atomic E-state index is 6.31. The molecule has 1 aromatic rings. The Morgan fingerprint density at radius 2 is 2.05 bits per heavy atom. The van der Waals surface area contributed by atoms with Gasteiger partial charge in [-0.2, -0.15) is 0 Å². The van der Waals surface area contributed by atoms with Gasteiger partial charge in [-0.3, -0.25) is 0 Å². The normalized spacial score (nSPS) is 24.2. The first-order valence-electron chi connectivity index (χ1n) is 6.73. The Morgan fingerprint density at radius 3 is 2.63 bits per heavy atom. The van der Waals surface area contributed by atoms with Crippen LogP contribution in [-0.2, 0) is 11.2 Å². The van der Waals surface area contributed by atoms with Crippen molar-refractivity contribution in [2.45, 2.75) is 31.9 Å². The van der Waals surface area contributed by atoms with Gasteiger partial charge in [0.15, 0.2) is 11.5 Å². The topological polar surface area (TPSA) is 53.7 Å². The molecular weight excluding hydrogens is 242 g/mol. The van der Waals surface area contributed by atoms with Crippen LogP contribution >= 0.6 is 0 Å². The van der Waals surface area contributed by atoms with Gasteiger partial charge in [0.05, 0.1) is 20.3 Å². The number of methoxy groups -OCH3 is 2. The van der Waals surface area contributed by atoms with Crippen molar-refractivity contribution in [3.8, 4) is 11.5 Å². The fourth-order valence-electron chi connectivity index (χ4n) is 2.74. The summed E-state index contributed by atoms with van der Waals surface area (Å²) in [5, 5.41) is 0. The summed E-state index contributed by atoms with van der Waals surface area (Å²) in [6.07, 6.45) is 2.14. The van der Waals surface area contributed by atoms with E-state index in [0.717, 1.165) is 30.9 Å². The van der Waals surface area contributed by atoms with Gasteiger partial charge >= 0.3 is 0 Å². The average molecular weight is 265 g/mol. The molecule has 0 amide bonds. The molecule has 1 aliphatic heterocycles. The molecule has 0 saturated carbocycles. The fourth-order valence-corrected chi connectivity index (χ4v) is 2.74. The predicted octanol–water partition coefficient (Wildman–Crippen LogP) is 2.00. The molecule has 1 aliphatic rings. The summed E-state index contributed by atoms with van der Waals surface area (Å²) in [6.45, 7) is 2.93. The van der Waals surface area contributed by atoms with Crippen molar-refractivity contribution in [2.75, 3.05) is 20.8 Å². The van der Waals surface area contributed by atoms with Crippen molar-refractivity contribution in [3.05, 3.63) is 23.8 Å². The zero-order chi connectivity index (χ0) is 13.8. The van der Waals surface area contributed by atoms with Crippen LogP contribution in [0.15, 0.2) is 18.2 Å². The minimum Gasteiger partial charge on any atom is -0.493 e. The summed E-state index contributed by atoms with van der Waals surface area (Å²) < 4.78 is 16.1. The molecule has 106 valence electrons. The summed E-state index contributed by atoms with van der Waals surface area (Å²) >= 11 is 0. The SMILES string of the molecule is COc1ccc(CC(N)C2CCOC2C)cc1OC. The lowest BCUT2D eigenvalue weighted by Crippen LogP contribution is -2.36. The fraction of sp³-hybridized carbons (Fsp3) is 0.600. The van der Waals surface area contributed by atoms with E-state index in [2.05, 4.69) is 6.92 Å². The van der Waals surface area contributed by atoms with Crippen molar-refractivity contribution in [1.29, 1.82) is 0 Å². The monoisotopic (exact) mass is 265 g/mol. The van der Waals surface area contributed by atoms with Gasteiger partial charge in [0.1, 0.15) is 0 Å². The second-order valence-electron chi connectivity index (χ2n) is 5.09. The van der Waals surface area contributed by atoms with Crippen LogP contribution in [0, 0.1) is 5.92 Å². The molecule has 0 aliphatic carbocycles. The van der Waals surface area contributed by atoms with Crippen molar-refractivity contribution in [2.24, 2.45) is 11.7 Å². The van der Waals surface area contributed by atoms with Gasteiger partial charge in [-0.05, 0) is 37.5 Å². The molecule has 1 heterocycles. The molecule has 0 bridgehead atoms. The Bertz CT molecular complexity index is 422. The van der Waals surface area contributed by atoms with E-state index >= 15 is 0 Å². The molecular formula is C15H23NO3. The number of hydrogen-bond donors (Lipinski definition) is 1. The van der Waals surface area contributed by atoms with Crippen molar-refractivity contribution in [1.82, 2.24) is 0 Å². The number of ether oxygens (including phenoxy) is 3. The minimum atomic E-state index is 0.121. The van der Waals surface area contributed by atoms with Gasteiger partial charge in [0, 0.05) is 18.6 Å². The predicted molar refractivity (Wildman–Crippen MR) is 74.7 cm³/mol. The first-order valence-corrected chi connectivity index (χ1v) is 6.73. The molecule has 3 unspecified atom stereocenters. The molecule has 19 heavy (non-hydrogen) atoms. The van der Waals surface area contributed by atoms with Crippen LogP contribution in [0.3, 0.4) is 0 Å². The standard InChI is InChI=1S/C15H23NO3/c1-10-12(6-7-19-10)13(16)8-11-4-5-14(17-2)15(9-11)18-3/h4-5,9-10,12-13H,6-8,16H2,1-3H3. The van der Waals surface area contributed by atoms with Crippen LogP contribution in [0.1, 0.15) is 18.9 Å². The number of benzene rings is 1. The lowest BCUT2D eigenvalue weighted by atomic mass is 9.89. The zero-order valence-electron chi connectivity index (χ0n) is 11.9. The quantitative estimate of drug-likeness (QED) is 0.884. The van der Waals surface area contributed by atoms with Gasteiger partial charge in [0.25, 0.3) is 0 Å². The average Bonchev–Trinajstić information content (AvgIpc) is 2.85. The maximum Gasteiger partial charge on any atom is 0.160 e. The molecule has 0 radical (unpaired) electrons. The summed E-state index contributed by atoms with van der Waals surface area (Å²) in [5.41, 5.74) is 7.48. The minimum absolute atomic E-state index is 0.121. The Labute approximate surface area is 114 Å². The molecule has 2 N–H and O–H groups in total. The molecule has 0 aromatic heterocycles. The number of nitrogens with two attached hydrogens (primary N) is 1. The van der Waals surface area contributed by atoms with Crippen LogP contribution < -0.4 is 15.2 Å². The van der Waals surface area contributed by atoms with E-state index in [4.69, 9.17) is 19.9 Å². The Kier molecular flexibility index (Phi) is 4.66. The van der Waals surface area contributed by atoms with E-state index in [-0.39, 0.29) is 12.1 Å². The summed E-state index contributed by atoms with van der Waals surface area (Å²) in [6, 6.07) is 6.09. The Balaban J connectivity index is 2.06. The zero-order valence-corrected chi connectivity index (χ0v) is 11.9. The Hall–Kier alpha value is -1.26. The molecule has 1 saturated heterocycles. The smallest absolute Gasteiger partial charge is 0.160 e. The third-order valence-corrected chi connectivity index (χ3v) is 3.90. The molecule has 1 fully saturated rings. The van der Waals surface area contributed by atoms with E-state index < -0.39 is 0 Å². The van der Waals surface area contributed by atoms with Gasteiger partial charge in [-0.1, -0.05) is 6.07 Å². The molecule has 0 spiro atoms. The lowest BCUT2D eigenvalue weighted by Gasteiger charge is -2.22. The Morgan fingerprint density at radius 1 is 1.32 bits per heavy atom. The highest BCUT2D eigenvalue weighted by Crippen LogP contribution is 2.30. The second kappa shape index (κ2) is 6.26. The highest BCUT2D eigenvalue weighted by molar-refractivity contribution is 5.43. The molecule has 2 rings (SSSR count). The maximum atomic E-state index is 6.31. The van der Waals surface area contributed by atoms with E-state index in [1.54, 1.807) is 14.2 Å². The van der Waals surface area contributed by atoms with Crippen molar-refractivity contribution in [3.63, 3.8) is 0 Å². The highest BCUT2D eigenvalue weighted by Gasteiger charge is 2.29. The van der Waals surface area contributed by atoms with Crippen molar-refractivity contribution < 1.29 is 14.2 Å². The first kappa shape index (κ1) is 14.2. The largest absolute Gasteiger partial charge is 0.493 e. The third kappa shape index (κ3) is 3.19. The van der Waals surface area contributed by atoms with Crippen LogP contribution in [0.25, 0.3) is 0 Å².